The first kappa shape index (κ1) is 17.9. The number of nitrogen functional groups attached to an aromatic ring is 1. The number of amides is 1. The number of ether oxygens (including phenoxy) is 1. The number of hydrogen-bond donors (Lipinski definition) is 2. The summed E-state index contributed by atoms with van der Waals surface area (Å²) >= 11 is 0. The van der Waals surface area contributed by atoms with E-state index in [2.05, 4.69) is 40.7 Å². The number of nitrogens with zero attached hydrogens (tertiary/aromatic N) is 7. The molecule has 1 fully saturated rings. The molecule has 3 N–H and O–H groups in total. The van der Waals surface area contributed by atoms with Gasteiger partial charge in [0, 0.05) is 25.3 Å². The van der Waals surface area contributed by atoms with E-state index in [1.165, 1.54) is 4.68 Å². The second-order valence-electron chi connectivity index (χ2n) is 5.80. The Bertz CT molecular complexity index is 791. The van der Waals surface area contributed by atoms with E-state index in [0.717, 1.165) is 25.2 Å². The molecule has 2 aromatic heterocycles. The first-order valence-corrected chi connectivity index (χ1v) is 8.26. The second kappa shape index (κ2) is 8.01. The lowest BCUT2D eigenvalue weighted by atomic mass is 10.2. The van der Waals surface area contributed by atoms with Gasteiger partial charge in [0.15, 0.2) is 5.69 Å². The van der Waals surface area contributed by atoms with Crippen molar-refractivity contribution in [1.82, 2.24) is 35.6 Å². The van der Waals surface area contributed by atoms with E-state index < -0.39 is 5.91 Å². The molecule has 3 rings (SSSR count). The molecular weight excluding hydrogens is 342 g/mol. The fourth-order valence-electron chi connectivity index (χ4n) is 2.38. The van der Waals surface area contributed by atoms with Crippen LogP contribution in [0, 0.1) is 0 Å². The first-order chi connectivity index (χ1) is 12.6. The van der Waals surface area contributed by atoms with Gasteiger partial charge in [-0.15, -0.1) is 5.10 Å². The van der Waals surface area contributed by atoms with Gasteiger partial charge < -0.3 is 10.5 Å². The van der Waals surface area contributed by atoms with Gasteiger partial charge in [-0.3, -0.25) is 9.69 Å². The number of carbonyl (C=O) groups is 1. The van der Waals surface area contributed by atoms with E-state index in [0.29, 0.717) is 25.5 Å². The van der Waals surface area contributed by atoms with Crippen molar-refractivity contribution in [1.29, 1.82) is 0 Å². The monoisotopic (exact) mass is 363 g/mol. The normalized spacial score (nSPS) is 16.0. The highest BCUT2D eigenvalue weighted by atomic mass is 16.6. The molecule has 0 aliphatic carbocycles. The number of nitrogens with one attached hydrogen (secondary N) is 1. The van der Waals surface area contributed by atoms with Crippen molar-refractivity contribution in [3.8, 4) is 5.82 Å². The van der Waals surface area contributed by atoms with Crippen molar-refractivity contribution in [2.45, 2.75) is 26.8 Å². The predicted octanol–water partition coefficient (Wildman–Crippen LogP) is -0.420. The fourth-order valence-corrected chi connectivity index (χ4v) is 2.38. The number of hydrazone groups is 1. The van der Waals surface area contributed by atoms with Crippen LogP contribution >= 0.6 is 0 Å². The lowest BCUT2D eigenvalue weighted by Crippen LogP contribution is -2.37. The van der Waals surface area contributed by atoms with Crippen LogP contribution in [0.15, 0.2) is 9.73 Å². The highest BCUT2D eigenvalue weighted by Crippen LogP contribution is 2.18. The first-order valence-electron chi connectivity index (χ1n) is 8.26. The number of rotatable bonds is 6. The van der Waals surface area contributed by atoms with Crippen LogP contribution in [0.3, 0.4) is 0 Å². The Labute approximate surface area is 149 Å². The summed E-state index contributed by atoms with van der Waals surface area (Å²) < 4.78 is 11.4. The lowest BCUT2D eigenvalue weighted by molar-refractivity contribution is 0.0332. The lowest BCUT2D eigenvalue weighted by Gasteiger charge is -2.26. The van der Waals surface area contributed by atoms with Gasteiger partial charge in [-0.25, -0.2) is 10.1 Å². The van der Waals surface area contributed by atoms with Crippen LogP contribution < -0.4 is 11.2 Å². The Balaban J connectivity index is 1.92. The molecule has 0 unspecified atom stereocenters. The SMILES string of the molecule is CC/C(C)=N/NC(=O)c1nnn(-c2nonc2N)c1CN1CCOCC1. The van der Waals surface area contributed by atoms with Crippen LogP contribution in [0.1, 0.15) is 36.5 Å². The van der Waals surface area contributed by atoms with Crippen molar-refractivity contribution in [2.24, 2.45) is 5.10 Å². The van der Waals surface area contributed by atoms with Gasteiger partial charge in [-0.05, 0) is 23.7 Å². The standard InChI is InChI=1S/C14H21N9O3/c1-3-9(2)16-18-14(24)11-10(8-22-4-6-25-7-5-22)23(21-17-11)13-12(15)19-26-20-13/h3-8H2,1-2H3,(H2,15,19)(H,18,24)/b16-9+. The molecular formula is C14H21N9O3. The Morgan fingerprint density at radius 3 is 2.77 bits per heavy atom. The van der Waals surface area contributed by atoms with E-state index in [4.69, 9.17) is 10.5 Å². The van der Waals surface area contributed by atoms with E-state index in [-0.39, 0.29) is 17.3 Å². The minimum Gasteiger partial charge on any atom is -0.379 e. The maximum atomic E-state index is 12.5. The molecule has 0 aromatic carbocycles. The van der Waals surface area contributed by atoms with Crippen molar-refractivity contribution >= 4 is 17.4 Å². The third-order valence-corrected chi connectivity index (χ3v) is 4.01. The molecule has 1 saturated heterocycles. The van der Waals surface area contributed by atoms with Crippen LogP contribution in [0.4, 0.5) is 5.82 Å². The van der Waals surface area contributed by atoms with Crippen molar-refractivity contribution < 1.29 is 14.2 Å². The van der Waals surface area contributed by atoms with Gasteiger partial charge in [0.05, 0.1) is 18.9 Å². The van der Waals surface area contributed by atoms with Gasteiger partial charge in [-0.2, -0.15) is 9.78 Å². The molecule has 3 heterocycles. The molecule has 12 heteroatoms. The highest BCUT2D eigenvalue weighted by Gasteiger charge is 2.26. The number of carbonyl (C=O) groups excluding carboxylic acids is 1. The smallest absolute Gasteiger partial charge is 0.293 e. The van der Waals surface area contributed by atoms with Gasteiger partial charge >= 0.3 is 0 Å². The molecule has 1 aliphatic rings. The summed E-state index contributed by atoms with van der Waals surface area (Å²) in [7, 11) is 0. The summed E-state index contributed by atoms with van der Waals surface area (Å²) in [5.74, 6) is -0.208. The number of anilines is 1. The van der Waals surface area contributed by atoms with E-state index in [1.807, 2.05) is 13.8 Å². The van der Waals surface area contributed by atoms with Gasteiger partial charge in [-0.1, -0.05) is 12.1 Å². The third-order valence-electron chi connectivity index (χ3n) is 4.01. The Morgan fingerprint density at radius 1 is 1.35 bits per heavy atom. The summed E-state index contributed by atoms with van der Waals surface area (Å²) in [5.41, 5.74) is 9.73. The summed E-state index contributed by atoms with van der Waals surface area (Å²) in [6, 6.07) is 0. The summed E-state index contributed by atoms with van der Waals surface area (Å²) in [6.45, 7) is 6.89. The zero-order valence-electron chi connectivity index (χ0n) is 14.7. The minimum atomic E-state index is -0.456. The Kier molecular flexibility index (Phi) is 5.53. The zero-order valence-corrected chi connectivity index (χ0v) is 14.7. The van der Waals surface area contributed by atoms with Crippen LogP contribution in [-0.4, -0.2) is 68.1 Å². The van der Waals surface area contributed by atoms with Crippen molar-refractivity contribution in [2.75, 3.05) is 32.0 Å². The molecule has 12 nitrogen and oxygen atoms in total. The predicted molar refractivity (Wildman–Crippen MR) is 90.6 cm³/mol. The van der Waals surface area contributed by atoms with Crippen molar-refractivity contribution in [3.63, 3.8) is 0 Å². The molecule has 0 bridgehead atoms. The van der Waals surface area contributed by atoms with Gasteiger partial charge in [0.25, 0.3) is 5.91 Å². The molecule has 1 amide bonds. The molecule has 26 heavy (non-hydrogen) atoms. The number of hydrogen-bond acceptors (Lipinski definition) is 10. The molecule has 2 aromatic rings. The fraction of sp³-hybridized carbons (Fsp3) is 0.571. The average Bonchev–Trinajstić information content (AvgIpc) is 3.26. The molecule has 0 spiro atoms. The Morgan fingerprint density at radius 2 is 2.12 bits per heavy atom. The van der Waals surface area contributed by atoms with Crippen LogP contribution in [0.2, 0.25) is 0 Å². The Hall–Kier alpha value is -2.86. The van der Waals surface area contributed by atoms with Gasteiger partial charge in [0.1, 0.15) is 0 Å². The van der Waals surface area contributed by atoms with E-state index in [1.54, 1.807) is 0 Å². The number of morpholine rings is 1. The number of nitrogens with two attached hydrogens (primary N) is 1. The van der Waals surface area contributed by atoms with E-state index in [9.17, 15) is 4.79 Å². The molecule has 140 valence electrons. The summed E-state index contributed by atoms with van der Waals surface area (Å²) in [6.07, 6.45) is 0.731. The van der Waals surface area contributed by atoms with Crippen LogP contribution in [-0.2, 0) is 11.3 Å². The summed E-state index contributed by atoms with van der Waals surface area (Å²) in [4.78, 5) is 14.7. The third kappa shape index (κ3) is 3.86. The van der Waals surface area contributed by atoms with E-state index >= 15 is 0 Å². The molecule has 0 radical (unpaired) electrons. The topological polar surface area (TPSA) is 150 Å². The zero-order chi connectivity index (χ0) is 18.5. The maximum absolute atomic E-state index is 12.5. The molecule has 0 atom stereocenters. The van der Waals surface area contributed by atoms with Crippen molar-refractivity contribution in [3.05, 3.63) is 11.4 Å². The van der Waals surface area contributed by atoms with Gasteiger partial charge in [0.2, 0.25) is 11.6 Å². The van der Waals surface area contributed by atoms with Crippen LogP contribution in [0.25, 0.3) is 5.82 Å². The number of aromatic nitrogens is 5. The molecule has 1 aliphatic heterocycles. The molecule has 0 saturated carbocycles. The summed E-state index contributed by atoms with van der Waals surface area (Å²) in [5, 5.41) is 19.3. The average molecular weight is 363 g/mol. The maximum Gasteiger partial charge on any atom is 0.293 e. The highest BCUT2D eigenvalue weighted by molar-refractivity contribution is 5.94. The second-order valence-corrected chi connectivity index (χ2v) is 5.80. The largest absolute Gasteiger partial charge is 0.379 e. The minimum absolute atomic E-state index is 0.0601. The van der Waals surface area contributed by atoms with Crippen LogP contribution in [0.5, 0.6) is 0 Å². The quantitative estimate of drug-likeness (QED) is 0.515.